The number of hydrogen-bond acceptors (Lipinski definition) is 5. The van der Waals surface area contributed by atoms with Crippen LogP contribution in [0.25, 0.3) is 0 Å². The van der Waals surface area contributed by atoms with Gasteiger partial charge in [0.05, 0.1) is 23.1 Å². The number of rotatable bonds is 4. The van der Waals surface area contributed by atoms with Crippen LogP contribution >= 0.6 is 11.3 Å². The summed E-state index contributed by atoms with van der Waals surface area (Å²) < 4.78 is 11.2. The van der Waals surface area contributed by atoms with Crippen LogP contribution in [-0.4, -0.2) is 41.3 Å². The van der Waals surface area contributed by atoms with E-state index in [0.29, 0.717) is 12.5 Å². The summed E-state index contributed by atoms with van der Waals surface area (Å²) in [6.45, 7) is 10.6. The molecule has 0 radical (unpaired) electrons. The van der Waals surface area contributed by atoms with Gasteiger partial charge in [0.2, 0.25) is 0 Å². The lowest BCUT2D eigenvalue weighted by atomic mass is 9.98. The van der Waals surface area contributed by atoms with Gasteiger partial charge in [-0.25, -0.2) is 9.78 Å². The molecule has 2 heterocycles. The van der Waals surface area contributed by atoms with Gasteiger partial charge in [-0.15, -0.1) is 11.3 Å². The molecule has 1 aliphatic rings. The number of nitrogens with zero attached hydrogens (tertiary/aromatic N) is 2. The summed E-state index contributed by atoms with van der Waals surface area (Å²) in [5.74, 6) is 0.521. The first-order chi connectivity index (χ1) is 10.3. The lowest BCUT2D eigenvalue weighted by Gasteiger charge is -2.33. The van der Waals surface area contributed by atoms with E-state index in [1.165, 1.54) is 4.88 Å². The number of carbonyl (C=O) groups is 1. The summed E-state index contributed by atoms with van der Waals surface area (Å²) >= 11 is 1.68. The minimum atomic E-state index is -0.427. The van der Waals surface area contributed by atoms with Crippen molar-refractivity contribution in [3.63, 3.8) is 0 Å². The molecular formula is C16H26N2O3S. The average molecular weight is 326 g/mol. The monoisotopic (exact) mass is 326 g/mol. The average Bonchev–Trinajstić information content (AvgIpc) is 2.83. The topological polar surface area (TPSA) is 51.7 Å². The number of piperidine rings is 1. The van der Waals surface area contributed by atoms with Crippen LogP contribution in [0.2, 0.25) is 0 Å². The molecule has 0 atom stereocenters. The fourth-order valence-corrected chi connectivity index (χ4v) is 3.14. The third kappa shape index (κ3) is 5.57. The number of thiazole rings is 1. The summed E-state index contributed by atoms with van der Waals surface area (Å²) in [6, 6.07) is 0. The molecule has 0 bridgehead atoms. The van der Waals surface area contributed by atoms with Crippen LogP contribution in [0.1, 0.15) is 43.5 Å². The van der Waals surface area contributed by atoms with E-state index in [9.17, 15) is 4.79 Å². The van der Waals surface area contributed by atoms with Gasteiger partial charge in [0.1, 0.15) is 5.60 Å². The molecule has 0 spiro atoms. The van der Waals surface area contributed by atoms with Gasteiger partial charge in [0.25, 0.3) is 0 Å². The predicted molar refractivity (Wildman–Crippen MR) is 87.0 cm³/mol. The highest BCUT2D eigenvalue weighted by atomic mass is 32.1. The van der Waals surface area contributed by atoms with Crippen LogP contribution in [0.15, 0.2) is 6.20 Å². The molecule has 1 fully saturated rings. The van der Waals surface area contributed by atoms with Crippen LogP contribution in [0.4, 0.5) is 4.79 Å². The molecule has 6 heteroatoms. The molecule has 1 saturated heterocycles. The Morgan fingerprint density at radius 3 is 2.64 bits per heavy atom. The number of hydrogen-bond donors (Lipinski definition) is 0. The molecule has 5 nitrogen and oxygen atoms in total. The number of likely N-dealkylation sites (tertiary alicyclic amines) is 1. The summed E-state index contributed by atoms with van der Waals surface area (Å²) in [5.41, 5.74) is -0.427. The van der Waals surface area contributed by atoms with E-state index < -0.39 is 5.60 Å². The van der Waals surface area contributed by atoms with E-state index in [2.05, 4.69) is 4.98 Å². The first-order valence-corrected chi connectivity index (χ1v) is 8.62. The summed E-state index contributed by atoms with van der Waals surface area (Å²) in [5, 5.41) is 1.07. The van der Waals surface area contributed by atoms with Gasteiger partial charge in [-0.3, -0.25) is 0 Å². The van der Waals surface area contributed by atoms with E-state index in [4.69, 9.17) is 9.47 Å². The maximum absolute atomic E-state index is 12.0. The summed E-state index contributed by atoms with van der Waals surface area (Å²) in [4.78, 5) is 19.2. The number of aromatic nitrogens is 1. The second kappa shape index (κ2) is 7.42. The molecule has 0 aromatic carbocycles. The van der Waals surface area contributed by atoms with Crippen LogP contribution in [-0.2, 0) is 16.1 Å². The van der Waals surface area contributed by atoms with Crippen molar-refractivity contribution in [1.82, 2.24) is 9.88 Å². The molecule has 1 aliphatic heterocycles. The van der Waals surface area contributed by atoms with E-state index in [1.54, 1.807) is 16.2 Å². The van der Waals surface area contributed by atoms with Crippen LogP contribution in [0.3, 0.4) is 0 Å². The van der Waals surface area contributed by atoms with Crippen molar-refractivity contribution in [2.75, 3.05) is 19.7 Å². The van der Waals surface area contributed by atoms with Crippen molar-refractivity contribution in [2.24, 2.45) is 5.92 Å². The zero-order valence-electron chi connectivity index (χ0n) is 13.9. The van der Waals surface area contributed by atoms with Gasteiger partial charge in [0.15, 0.2) is 0 Å². The first kappa shape index (κ1) is 17.2. The third-order valence-electron chi connectivity index (χ3n) is 3.53. The summed E-state index contributed by atoms with van der Waals surface area (Å²) in [7, 11) is 0. The molecule has 0 saturated carbocycles. The highest BCUT2D eigenvalue weighted by Crippen LogP contribution is 2.21. The molecular weight excluding hydrogens is 300 g/mol. The smallest absolute Gasteiger partial charge is 0.410 e. The van der Waals surface area contributed by atoms with Gasteiger partial charge in [-0.05, 0) is 46.5 Å². The standard InChI is InChI=1S/C16H26N2O3S/c1-12-17-9-14(22-12)11-20-10-13-5-7-18(8-6-13)15(19)21-16(2,3)4/h9,13H,5-8,10-11H2,1-4H3. The first-order valence-electron chi connectivity index (χ1n) is 7.80. The number of aryl methyl sites for hydroxylation is 1. The number of carbonyl (C=O) groups excluding carboxylic acids is 1. The SMILES string of the molecule is Cc1ncc(COCC2CCN(C(=O)OC(C)(C)C)CC2)s1. The van der Waals surface area contributed by atoms with Crippen LogP contribution < -0.4 is 0 Å². The van der Waals surface area contributed by atoms with E-state index >= 15 is 0 Å². The van der Waals surface area contributed by atoms with Crippen molar-refractivity contribution in [1.29, 1.82) is 0 Å². The molecule has 0 unspecified atom stereocenters. The minimum Gasteiger partial charge on any atom is -0.444 e. The van der Waals surface area contributed by atoms with E-state index in [1.807, 2.05) is 33.9 Å². The maximum Gasteiger partial charge on any atom is 0.410 e. The fraction of sp³-hybridized carbons (Fsp3) is 0.750. The highest BCUT2D eigenvalue weighted by molar-refractivity contribution is 7.11. The Morgan fingerprint density at radius 2 is 2.09 bits per heavy atom. The Kier molecular flexibility index (Phi) is 5.81. The summed E-state index contributed by atoms with van der Waals surface area (Å²) in [6.07, 6.45) is 3.62. The van der Waals surface area contributed by atoms with Crippen molar-refractivity contribution in [2.45, 2.75) is 52.7 Å². The molecule has 124 valence electrons. The van der Waals surface area contributed by atoms with Gasteiger partial charge in [0, 0.05) is 19.3 Å². The Hall–Kier alpha value is -1.14. The third-order valence-corrected chi connectivity index (χ3v) is 4.42. The van der Waals surface area contributed by atoms with E-state index in [0.717, 1.165) is 37.5 Å². The van der Waals surface area contributed by atoms with Gasteiger partial charge in [-0.2, -0.15) is 0 Å². The minimum absolute atomic E-state index is 0.202. The molecule has 0 aliphatic carbocycles. The zero-order chi connectivity index (χ0) is 16.2. The fourth-order valence-electron chi connectivity index (χ4n) is 2.41. The van der Waals surface area contributed by atoms with Crippen molar-refractivity contribution in [3.8, 4) is 0 Å². The quantitative estimate of drug-likeness (QED) is 0.848. The Bertz CT molecular complexity index is 488. The van der Waals surface area contributed by atoms with Crippen molar-refractivity contribution < 1.29 is 14.3 Å². The highest BCUT2D eigenvalue weighted by Gasteiger charge is 2.26. The van der Waals surface area contributed by atoms with Crippen molar-refractivity contribution in [3.05, 3.63) is 16.1 Å². The van der Waals surface area contributed by atoms with Crippen LogP contribution in [0, 0.1) is 12.8 Å². The molecule has 1 aromatic heterocycles. The lowest BCUT2D eigenvalue weighted by molar-refractivity contribution is 0.0106. The largest absolute Gasteiger partial charge is 0.444 e. The van der Waals surface area contributed by atoms with Crippen molar-refractivity contribution >= 4 is 17.4 Å². The zero-order valence-corrected chi connectivity index (χ0v) is 14.7. The van der Waals surface area contributed by atoms with Gasteiger partial charge >= 0.3 is 6.09 Å². The van der Waals surface area contributed by atoms with Crippen LogP contribution in [0.5, 0.6) is 0 Å². The molecule has 2 rings (SSSR count). The second-order valence-electron chi connectivity index (χ2n) is 6.77. The number of ether oxygens (including phenoxy) is 2. The Morgan fingerprint density at radius 1 is 1.41 bits per heavy atom. The van der Waals surface area contributed by atoms with Gasteiger partial charge < -0.3 is 14.4 Å². The molecule has 1 aromatic rings. The second-order valence-corrected chi connectivity index (χ2v) is 8.09. The maximum atomic E-state index is 12.0. The normalized spacial score (nSPS) is 16.8. The van der Waals surface area contributed by atoms with Gasteiger partial charge in [-0.1, -0.05) is 0 Å². The predicted octanol–water partition coefficient (Wildman–Crippen LogP) is 3.62. The van der Waals surface area contributed by atoms with E-state index in [-0.39, 0.29) is 6.09 Å². The number of amides is 1. The lowest BCUT2D eigenvalue weighted by Crippen LogP contribution is -2.42. The molecule has 1 amide bonds. The molecule has 22 heavy (non-hydrogen) atoms. The Balaban J connectivity index is 1.65. The molecule has 0 N–H and O–H groups in total. The Labute approximate surface area is 136 Å².